The molecule has 1 unspecified atom stereocenters. The van der Waals surface area contributed by atoms with Crippen LogP contribution in [0.1, 0.15) is 29.3 Å². The number of rotatable bonds is 6. The summed E-state index contributed by atoms with van der Waals surface area (Å²) >= 11 is 0. The Kier molecular flexibility index (Phi) is 5.74. The Balaban J connectivity index is 1.50. The SMILES string of the molecule is CNS(=O)(=O)c1ccc(CCC(=O)N2CCn3cccc3C2c2ccccc2)cc1. The second-order valence-electron chi connectivity index (χ2n) is 7.38. The van der Waals surface area contributed by atoms with Crippen molar-refractivity contribution < 1.29 is 13.2 Å². The molecule has 4 rings (SSSR count). The van der Waals surface area contributed by atoms with E-state index in [0.29, 0.717) is 19.4 Å². The van der Waals surface area contributed by atoms with Gasteiger partial charge in [-0.15, -0.1) is 0 Å². The molecular formula is C23H25N3O3S. The zero-order valence-corrected chi connectivity index (χ0v) is 17.7. The van der Waals surface area contributed by atoms with Crippen molar-refractivity contribution in [3.8, 4) is 0 Å². The number of hydrogen-bond donors (Lipinski definition) is 1. The van der Waals surface area contributed by atoms with E-state index in [2.05, 4.69) is 33.7 Å². The molecule has 30 heavy (non-hydrogen) atoms. The number of hydrogen-bond acceptors (Lipinski definition) is 3. The minimum atomic E-state index is -3.45. The molecule has 1 aliphatic rings. The first kappa shape index (κ1) is 20.4. The first-order valence-electron chi connectivity index (χ1n) is 10.0. The van der Waals surface area contributed by atoms with Gasteiger partial charge in [-0.3, -0.25) is 4.79 Å². The van der Waals surface area contributed by atoms with Crippen LogP contribution >= 0.6 is 0 Å². The summed E-state index contributed by atoms with van der Waals surface area (Å²) in [4.78, 5) is 15.4. The van der Waals surface area contributed by atoms with Crippen LogP contribution in [0, 0.1) is 0 Å². The number of fused-ring (bicyclic) bond motifs is 1. The maximum atomic E-state index is 13.2. The Labute approximate surface area is 177 Å². The highest BCUT2D eigenvalue weighted by Gasteiger charge is 2.31. The Bertz CT molecular complexity index is 1120. The van der Waals surface area contributed by atoms with Gasteiger partial charge in [0.2, 0.25) is 15.9 Å². The third-order valence-electron chi connectivity index (χ3n) is 5.60. The molecule has 1 N–H and O–H groups in total. The maximum absolute atomic E-state index is 13.2. The lowest BCUT2D eigenvalue weighted by molar-refractivity contribution is -0.133. The van der Waals surface area contributed by atoms with Gasteiger partial charge in [0.05, 0.1) is 10.9 Å². The van der Waals surface area contributed by atoms with Crippen LogP contribution in [0.25, 0.3) is 0 Å². The van der Waals surface area contributed by atoms with Gasteiger partial charge in [-0.05, 0) is 48.9 Å². The number of sulfonamides is 1. The average Bonchev–Trinajstić information content (AvgIpc) is 3.26. The lowest BCUT2D eigenvalue weighted by Gasteiger charge is -2.37. The number of amides is 1. The quantitative estimate of drug-likeness (QED) is 0.663. The van der Waals surface area contributed by atoms with E-state index in [1.165, 1.54) is 7.05 Å². The molecule has 0 bridgehead atoms. The van der Waals surface area contributed by atoms with Crippen LogP contribution in [-0.4, -0.2) is 37.4 Å². The summed E-state index contributed by atoms with van der Waals surface area (Å²) in [6, 6.07) is 20.8. The summed E-state index contributed by atoms with van der Waals surface area (Å²) in [5, 5.41) is 0. The van der Waals surface area contributed by atoms with Gasteiger partial charge in [-0.25, -0.2) is 13.1 Å². The number of aryl methyl sites for hydroxylation is 1. The van der Waals surface area contributed by atoms with Crippen molar-refractivity contribution in [1.29, 1.82) is 0 Å². The monoisotopic (exact) mass is 423 g/mol. The third kappa shape index (κ3) is 4.04. The maximum Gasteiger partial charge on any atom is 0.240 e. The van der Waals surface area contributed by atoms with Gasteiger partial charge in [-0.1, -0.05) is 42.5 Å². The van der Waals surface area contributed by atoms with E-state index in [-0.39, 0.29) is 16.8 Å². The highest BCUT2D eigenvalue weighted by atomic mass is 32.2. The normalized spacial score (nSPS) is 16.3. The Hall–Kier alpha value is -2.90. The van der Waals surface area contributed by atoms with Crippen molar-refractivity contribution in [3.63, 3.8) is 0 Å². The van der Waals surface area contributed by atoms with Crippen molar-refractivity contribution in [1.82, 2.24) is 14.2 Å². The topological polar surface area (TPSA) is 71.4 Å². The zero-order chi connectivity index (χ0) is 21.1. The molecule has 0 fully saturated rings. The van der Waals surface area contributed by atoms with E-state index in [1.807, 2.05) is 29.2 Å². The summed E-state index contributed by atoms with van der Waals surface area (Å²) in [5.74, 6) is 0.100. The van der Waals surface area contributed by atoms with Crippen LogP contribution in [-0.2, 0) is 27.8 Å². The fourth-order valence-corrected chi connectivity index (χ4v) is 4.72. The molecule has 0 saturated heterocycles. The van der Waals surface area contributed by atoms with Gasteiger partial charge in [-0.2, -0.15) is 0 Å². The third-order valence-corrected chi connectivity index (χ3v) is 7.03. The van der Waals surface area contributed by atoms with E-state index >= 15 is 0 Å². The van der Waals surface area contributed by atoms with Gasteiger partial charge in [0.15, 0.2) is 0 Å². The van der Waals surface area contributed by atoms with Gasteiger partial charge < -0.3 is 9.47 Å². The van der Waals surface area contributed by atoms with Crippen molar-refractivity contribution in [3.05, 3.63) is 89.7 Å². The van der Waals surface area contributed by atoms with Crippen molar-refractivity contribution in [2.24, 2.45) is 0 Å². The minimum Gasteiger partial charge on any atom is -0.348 e. The molecular weight excluding hydrogens is 398 g/mol. The van der Waals surface area contributed by atoms with E-state index in [4.69, 9.17) is 0 Å². The minimum absolute atomic E-state index is 0.0920. The van der Waals surface area contributed by atoms with E-state index < -0.39 is 10.0 Å². The van der Waals surface area contributed by atoms with E-state index in [9.17, 15) is 13.2 Å². The van der Waals surface area contributed by atoms with Gasteiger partial charge in [0, 0.05) is 31.4 Å². The summed E-state index contributed by atoms with van der Waals surface area (Å²) in [6.07, 6.45) is 3.01. The molecule has 0 aliphatic carbocycles. The predicted molar refractivity (Wildman–Crippen MR) is 115 cm³/mol. The lowest BCUT2D eigenvalue weighted by Crippen LogP contribution is -2.42. The molecule has 6 nitrogen and oxygen atoms in total. The second-order valence-corrected chi connectivity index (χ2v) is 9.26. The van der Waals surface area contributed by atoms with Gasteiger partial charge in [0.1, 0.15) is 0 Å². The molecule has 156 valence electrons. The molecule has 1 amide bonds. The van der Waals surface area contributed by atoms with Crippen LogP contribution in [0.5, 0.6) is 0 Å². The number of carbonyl (C=O) groups excluding carboxylic acids is 1. The number of aromatic nitrogens is 1. The number of carbonyl (C=O) groups is 1. The van der Waals surface area contributed by atoms with E-state index in [1.54, 1.807) is 24.3 Å². The van der Waals surface area contributed by atoms with Crippen LogP contribution in [0.15, 0.2) is 77.8 Å². The molecule has 7 heteroatoms. The smallest absolute Gasteiger partial charge is 0.240 e. The molecule has 1 atom stereocenters. The van der Waals surface area contributed by atoms with Crippen LogP contribution in [0.4, 0.5) is 0 Å². The number of benzene rings is 2. The summed E-state index contributed by atoms with van der Waals surface area (Å²) in [7, 11) is -2.06. The molecule has 0 radical (unpaired) electrons. The number of nitrogens with one attached hydrogen (secondary N) is 1. The molecule has 1 aromatic heterocycles. The second kappa shape index (κ2) is 8.45. The molecule has 2 aromatic carbocycles. The zero-order valence-electron chi connectivity index (χ0n) is 16.9. The Morgan fingerprint density at radius 3 is 2.43 bits per heavy atom. The number of nitrogens with zero attached hydrogens (tertiary/aromatic N) is 2. The van der Waals surface area contributed by atoms with Gasteiger partial charge in [0.25, 0.3) is 0 Å². The molecule has 0 saturated carbocycles. The fourth-order valence-electron chi connectivity index (χ4n) is 3.99. The molecule has 1 aliphatic heterocycles. The van der Waals surface area contributed by atoms with Crippen molar-refractivity contribution in [2.45, 2.75) is 30.3 Å². The first-order valence-corrected chi connectivity index (χ1v) is 11.5. The van der Waals surface area contributed by atoms with Crippen molar-refractivity contribution in [2.75, 3.05) is 13.6 Å². The average molecular weight is 424 g/mol. The molecule has 0 spiro atoms. The summed E-state index contributed by atoms with van der Waals surface area (Å²) in [5.41, 5.74) is 3.17. The summed E-state index contributed by atoms with van der Waals surface area (Å²) < 4.78 is 28.2. The van der Waals surface area contributed by atoms with E-state index in [0.717, 1.165) is 23.4 Å². The fraction of sp³-hybridized carbons (Fsp3) is 0.261. The first-order chi connectivity index (χ1) is 14.5. The standard InChI is InChI=1S/C23H25N3O3S/c1-24-30(28,29)20-12-9-18(10-13-20)11-14-22(27)26-17-16-25-15-5-8-21(25)23(26)19-6-3-2-4-7-19/h2-10,12-13,15,23-24H,11,14,16-17H2,1H3. The largest absolute Gasteiger partial charge is 0.348 e. The van der Waals surface area contributed by atoms with Gasteiger partial charge >= 0.3 is 0 Å². The lowest BCUT2D eigenvalue weighted by atomic mass is 9.99. The highest BCUT2D eigenvalue weighted by molar-refractivity contribution is 7.89. The van der Waals surface area contributed by atoms with Crippen LogP contribution in [0.2, 0.25) is 0 Å². The molecule has 3 aromatic rings. The highest BCUT2D eigenvalue weighted by Crippen LogP contribution is 2.32. The van der Waals surface area contributed by atoms with Crippen LogP contribution in [0.3, 0.4) is 0 Å². The molecule has 2 heterocycles. The van der Waals surface area contributed by atoms with Crippen molar-refractivity contribution >= 4 is 15.9 Å². The summed E-state index contributed by atoms with van der Waals surface area (Å²) in [6.45, 7) is 1.45. The Morgan fingerprint density at radius 1 is 1.00 bits per heavy atom. The predicted octanol–water partition coefficient (Wildman–Crippen LogP) is 2.96. The van der Waals surface area contributed by atoms with Crippen LogP contribution < -0.4 is 4.72 Å². The Morgan fingerprint density at radius 2 is 1.73 bits per heavy atom.